The molecule has 9 heteroatoms. The molecular weight excluding hydrogens is 422 g/mol. The zero-order valence-electron chi connectivity index (χ0n) is 16.7. The molecule has 0 amide bonds. The summed E-state index contributed by atoms with van der Waals surface area (Å²) in [5, 5.41) is 20.1. The van der Waals surface area contributed by atoms with E-state index in [1.54, 1.807) is 18.3 Å². The summed E-state index contributed by atoms with van der Waals surface area (Å²) in [6.07, 6.45) is 3.63. The highest BCUT2D eigenvalue weighted by Crippen LogP contribution is 2.42. The van der Waals surface area contributed by atoms with Gasteiger partial charge in [-0.2, -0.15) is 5.26 Å². The van der Waals surface area contributed by atoms with Gasteiger partial charge < -0.3 is 20.5 Å². The Balaban J connectivity index is 1.51. The number of aliphatic hydroxyl groups excluding tert-OH is 1. The predicted molar refractivity (Wildman–Crippen MR) is 116 cm³/mol. The van der Waals surface area contributed by atoms with Crippen LogP contribution in [0.4, 0.5) is 5.82 Å². The number of benzene rings is 1. The number of hydrogen-bond donors (Lipinski definition) is 2. The van der Waals surface area contributed by atoms with E-state index < -0.39 is 0 Å². The van der Waals surface area contributed by atoms with Crippen molar-refractivity contribution in [3.05, 3.63) is 40.7 Å². The number of rotatable bonds is 4. The molecule has 30 heavy (non-hydrogen) atoms. The van der Waals surface area contributed by atoms with Crippen LogP contribution in [0.25, 0.3) is 0 Å². The fraction of sp³-hybridized carbons (Fsp3) is 0.476. The first kappa shape index (κ1) is 21.3. The molecule has 1 aromatic carbocycles. The van der Waals surface area contributed by atoms with Gasteiger partial charge in [0.15, 0.2) is 5.82 Å². The van der Waals surface area contributed by atoms with Crippen molar-refractivity contribution >= 4 is 29.2 Å². The molecule has 2 aromatic rings. The zero-order chi connectivity index (χ0) is 21.3. The van der Waals surface area contributed by atoms with E-state index in [0.29, 0.717) is 33.7 Å². The average molecular weight is 446 g/mol. The minimum atomic E-state index is -0.204. The number of hydrogen-bond acceptors (Lipinski definition) is 8. The van der Waals surface area contributed by atoms with Crippen LogP contribution in [-0.4, -0.2) is 46.9 Å². The molecule has 4 rings (SSSR count). The van der Waals surface area contributed by atoms with Gasteiger partial charge in [-0.1, -0.05) is 29.4 Å². The number of nitrogens with two attached hydrogens (primary N) is 1. The first-order valence-corrected chi connectivity index (χ1v) is 11.1. The molecule has 0 aliphatic carbocycles. The van der Waals surface area contributed by atoms with Gasteiger partial charge in [-0.25, -0.2) is 9.97 Å². The number of aromatic nitrogens is 2. The molecule has 2 saturated heterocycles. The van der Waals surface area contributed by atoms with E-state index >= 15 is 0 Å². The molecule has 2 aliphatic rings. The molecule has 7 nitrogen and oxygen atoms in total. The Bertz CT molecular complexity index is 974. The van der Waals surface area contributed by atoms with Crippen molar-refractivity contribution in [1.82, 2.24) is 9.97 Å². The SMILES string of the molecule is C[C@@H]1OCC2(CCN(c3ncc(Sc4cccc(C#N)c4Cl)nc3CO)CC2)[C@@H]1N. The maximum Gasteiger partial charge on any atom is 0.152 e. The molecule has 1 aromatic heterocycles. The largest absolute Gasteiger partial charge is 0.390 e. The molecule has 3 heterocycles. The minimum Gasteiger partial charge on any atom is -0.390 e. The van der Waals surface area contributed by atoms with E-state index in [1.807, 2.05) is 13.0 Å². The van der Waals surface area contributed by atoms with Gasteiger partial charge in [-0.05, 0) is 31.9 Å². The molecule has 0 saturated carbocycles. The lowest BCUT2D eigenvalue weighted by Gasteiger charge is -2.41. The van der Waals surface area contributed by atoms with Gasteiger partial charge in [0.2, 0.25) is 0 Å². The second-order valence-electron chi connectivity index (χ2n) is 7.86. The van der Waals surface area contributed by atoms with Crippen LogP contribution in [0.15, 0.2) is 34.3 Å². The maximum absolute atomic E-state index is 9.91. The quantitative estimate of drug-likeness (QED) is 0.739. The van der Waals surface area contributed by atoms with Crippen molar-refractivity contribution in [2.45, 2.75) is 48.4 Å². The van der Waals surface area contributed by atoms with E-state index in [1.165, 1.54) is 11.8 Å². The van der Waals surface area contributed by atoms with Crippen LogP contribution in [0, 0.1) is 16.7 Å². The highest BCUT2D eigenvalue weighted by Gasteiger charge is 2.47. The Hall–Kier alpha value is -1.89. The monoisotopic (exact) mass is 445 g/mol. The molecule has 1 spiro atoms. The Morgan fingerprint density at radius 3 is 2.83 bits per heavy atom. The number of halogens is 1. The summed E-state index contributed by atoms with van der Waals surface area (Å²) in [7, 11) is 0. The number of piperidine rings is 1. The second kappa shape index (κ2) is 8.69. The minimum absolute atomic E-state index is 0.0288. The van der Waals surface area contributed by atoms with Crippen LogP contribution in [-0.2, 0) is 11.3 Å². The number of nitrogens with zero attached hydrogens (tertiary/aromatic N) is 4. The van der Waals surface area contributed by atoms with Crippen LogP contribution in [0.1, 0.15) is 31.0 Å². The van der Waals surface area contributed by atoms with Gasteiger partial charge in [0, 0.05) is 29.4 Å². The van der Waals surface area contributed by atoms with Gasteiger partial charge >= 0.3 is 0 Å². The maximum atomic E-state index is 9.91. The molecule has 2 fully saturated rings. The summed E-state index contributed by atoms with van der Waals surface area (Å²) in [6, 6.07) is 7.41. The molecule has 0 radical (unpaired) electrons. The lowest BCUT2D eigenvalue weighted by atomic mass is 9.73. The number of ether oxygens (including phenoxy) is 1. The van der Waals surface area contributed by atoms with Crippen molar-refractivity contribution in [1.29, 1.82) is 5.26 Å². The molecule has 3 N–H and O–H groups in total. The third-order valence-electron chi connectivity index (χ3n) is 6.15. The van der Waals surface area contributed by atoms with Gasteiger partial charge in [-0.3, -0.25) is 0 Å². The van der Waals surface area contributed by atoms with Crippen molar-refractivity contribution in [2.75, 3.05) is 24.6 Å². The fourth-order valence-electron chi connectivity index (χ4n) is 4.25. The van der Waals surface area contributed by atoms with E-state index in [4.69, 9.17) is 27.3 Å². The van der Waals surface area contributed by atoms with E-state index in [0.717, 1.165) is 30.8 Å². The molecule has 0 unspecified atom stereocenters. The molecule has 2 atom stereocenters. The zero-order valence-corrected chi connectivity index (χ0v) is 18.3. The standard InChI is InChI=1S/C21H24ClN5O2S/c1-13-19(24)21(12-29-13)5-7-27(8-6-21)20-15(11-28)26-17(10-25-20)30-16-4-2-3-14(9-23)18(16)22/h2-4,10,13,19,28H,5-8,11-12,24H2,1H3/t13-,19+/m0/s1. The van der Waals surface area contributed by atoms with Crippen LogP contribution in [0.3, 0.4) is 0 Å². The number of nitriles is 1. The van der Waals surface area contributed by atoms with Crippen LogP contribution < -0.4 is 10.6 Å². The first-order valence-electron chi connectivity index (χ1n) is 9.93. The Kier molecular flexibility index (Phi) is 6.19. The molecule has 158 valence electrons. The summed E-state index contributed by atoms with van der Waals surface area (Å²) in [5.74, 6) is 0.703. The normalized spacial score (nSPS) is 23.0. The van der Waals surface area contributed by atoms with Crippen molar-refractivity contribution in [2.24, 2.45) is 11.1 Å². The molecular formula is C21H24ClN5O2S. The second-order valence-corrected chi connectivity index (χ2v) is 9.30. The summed E-state index contributed by atoms with van der Waals surface area (Å²) >= 11 is 7.62. The van der Waals surface area contributed by atoms with Gasteiger partial charge in [-0.15, -0.1) is 0 Å². The highest BCUT2D eigenvalue weighted by molar-refractivity contribution is 7.99. The predicted octanol–water partition coefficient (Wildman–Crippen LogP) is 2.98. The van der Waals surface area contributed by atoms with Crippen molar-refractivity contribution in [3.8, 4) is 6.07 Å². The average Bonchev–Trinajstić information content (AvgIpc) is 3.04. The van der Waals surface area contributed by atoms with Crippen molar-refractivity contribution in [3.63, 3.8) is 0 Å². The first-order chi connectivity index (χ1) is 14.5. The lowest BCUT2D eigenvalue weighted by molar-refractivity contribution is 0.0973. The Labute approximate surface area is 185 Å². The van der Waals surface area contributed by atoms with Gasteiger partial charge in [0.25, 0.3) is 0 Å². The van der Waals surface area contributed by atoms with E-state index in [9.17, 15) is 5.11 Å². The molecule has 2 aliphatic heterocycles. The van der Waals surface area contributed by atoms with E-state index in [2.05, 4.69) is 20.9 Å². The van der Waals surface area contributed by atoms with E-state index in [-0.39, 0.29) is 24.2 Å². The summed E-state index contributed by atoms with van der Waals surface area (Å²) in [6.45, 7) is 4.14. The van der Waals surface area contributed by atoms with Gasteiger partial charge in [0.1, 0.15) is 16.8 Å². The summed E-state index contributed by atoms with van der Waals surface area (Å²) < 4.78 is 5.80. The highest BCUT2D eigenvalue weighted by atomic mass is 35.5. The van der Waals surface area contributed by atoms with Crippen molar-refractivity contribution < 1.29 is 9.84 Å². The fourth-order valence-corrected chi connectivity index (χ4v) is 5.36. The third kappa shape index (κ3) is 3.88. The van der Waals surface area contributed by atoms with Crippen LogP contribution in [0.5, 0.6) is 0 Å². The topological polar surface area (TPSA) is 108 Å². The number of aliphatic hydroxyl groups is 1. The summed E-state index contributed by atoms with van der Waals surface area (Å²) in [5.41, 5.74) is 7.39. The number of anilines is 1. The van der Waals surface area contributed by atoms with Crippen LogP contribution in [0.2, 0.25) is 5.02 Å². The van der Waals surface area contributed by atoms with Crippen LogP contribution >= 0.6 is 23.4 Å². The Morgan fingerprint density at radius 2 is 2.20 bits per heavy atom. The lowest BCUT2D eigenvalue weighted by Crippen LogP contribution is -2.51. The molecule has 0 bridgehead atoms. The Morgan fingerprint density at radius 1 is 1.43 bits per heavy atom. The smallest absolute Gasteiger partial charge is 0.152 e. The third-order valence-corrected chi connectivity index (χ3v) is 7.64. The van der Waals surface area contributed by atoms with Gasteiger partial charge in [0.05, 0.1) is 36.1 Å². The summed E-state index contributed by atoms with van der Waals surface area (Å²) in [4.78, 5) is 12.1.